The summed E-state index contributed by atoms with van der Waals surface area (Å²) in [4.78, 5) is 0. The van der Waals surface area contributed by atoms with Crippen LogP contribution in [0.25, 0.3) is 11.4 Å². The minimum Gasteiger partial charge on any atom is -0.308 e. The van der Waals surface area contributed by atoms with Gasteiger partial charge in [-0.1, -0.05) is 60.7 Å². The van der Waals surface area contributed by atoms with E-state index in [9.17, 15) is 0 Å². The summed E-state index contributed by atoms with van der Waals surface area (Å²) in [7, 11) is 0. The third-order valence-electron chi connectivity index (χ3n) is 3.89. The lowest BCUT2D eigenvalue weighted by Crippen LogP contribution is -2.34. The van der Waals surface area contributed by atoms with Gasteiger partial charge in [-0.05, 0) is 5.56 Å². The first-order valence-corrected chi connectivity index (χ1v) is 7.20. The van der Waals surface area contributed by atoms with E-state index >= 15 is 0 Å². The summed E-state index contributed by atoms with van der Waals surface area (Å²) in [6, 6.07) is 20.8. The zero-order valence-corrected chi connectivity index (χ0v) is 11.6. The van der Waals surface area contributed by atoms with Crippen LogP contribution in [-0.2, 0) is 6.54 Å². The van der Waals surface area contributed by atoms with Crippen molar-refractivity contribution in [1.82, 2.24) is 20.1 Å². The minimum atomic E-state index is 0.116. The number of benzene rings is 2. The molecule has 0 amide bonds. The lowest BCUT2D eigenvalue weighted by molar-refractivity contribution is 0.458. The molecular weight excluding hydrogens is 260 g/mol. The zero-order valence-electron chi connectivity index (χ0n) is 11.6. The van der Waals surface area contributed by atoms with Crippen LogP contribution in [0.3, 0.4) is 0 Å². The monoisotopic (exact) mass is 276 g/mol. The van der Waals surface area contributed by atoms with Gasteiger partial charge in [-0.2, -0.15) is 0 Å². The molecule has 104 valence electrons. The Hall–Kier alpha value is -2.46. The van der Waals surface area contributed by atoms with Crippen molar-refractivity contribution in [1.29, 1.82) is 0 Å². The SMILES string of the molecule is c1ccc(-c2nnc3n2CCNC3c2ccccc2)cc1. The zero-order chi connectivity index (χ0) is 14.1. The number of rotatable bonds is 2. The molecular formula is C17H16N4. The average molecular weight is 276 g/mol. The molecule has 0 spiro atoms. The molecule has 1 aliphatic rings. The van der Waals surface area contributed by atoms with Crippen molar-refractivity contribution >= 4 is 0 Å². The Balaban J connectivity index is 1.79. The molecule has 0 bridgehead atoms. The summed E-state index contributed by atoms with van der Waals surface area (Å²) in [5.74, 6) is 1.94. The predicted octanol–water partition coefficient (Wildman–Crippen LogP) is 2.64. The van der Waals surface area contributed by atoms with Crippen molar-refractivity contribution in [2.24, 2.45) is 0 Å². The highest BCUT2D eigenvalue weighted by Gasteiger charge is 2.26. The van der Waals surface area contributed by atoms with Crippen molar-refractivity contribution in [3.05, 3.63) is 72.1 Å². The number of hydrogen-bond acceptors (Lipinski definition) is 3. The molecule has 4 heteroatoms. The summed E-state index contributed by atoms with van der Waals surface area (Å²) in [6.45, 7) is 1.82. The lowest BCUT2D eigenvalue weighted by Gasteiger charge is -2.25. The molecule has 2 aromatic carbocycles. The molecule has 1 N–H and O–H groups in total. The molecule has 0 saturated heterocycles. The highest BCUT2D eigenvalue weighted by Crippen LogP contribution is 2.27. The highest BCUT2D eigenvalue weighted by molar-refractivity contribution is 5.55. The number of aromatic nitrogens is 3. The molecule has 3 aromatic rings. The molecule has 1 atom stereocenters. The van der Waals surface area contributed by atoms with Gasteiger partial charge in [0.1, 0.15) is 0 Å². The van der Waals surface area contributed by atoms with Gasteiger partial charge in [-0.3, -0.25) is 0 Å². The Bertz CT molecular complexity index is 734. The van der Waals surface area contributed by atoms with Gasteiger partial charge in [-0.25, -0.2) is 0 Å². The van der Waals surface area contributed by atoms with Crippen molar-refractivity contribution in [3.8, 4) is 11.4 Å². The maximum absolute atomic E-state index is 4.44. The van der Waals surface area contributed by atoms with Crippen LogP contribution in [0.15, 0.2) is 60.7 Å². The van der Waals surface area contributed by atoms with Crippen LogP contribution in [0, 0.1) is 0 Å². The summed E-state index contributed by atoms with van der Waals surface area (Å²) in [6.07, 6.45) is 0. The highest BCUT2D eigenvalue weighted by atomic mass is 15.3. The maximum Gasteiger partial charge on any atom is 0.164 e. The summed E-state index contributed by atoms with van der Waals surface area (Å²) in [5, 5.41) is 12.4. The second-order valence-corrected chi connectivity index (χ2v) is 5.20. The molecule has 4 nitrogen and oxygen atoms in total. The Morgan fingerprint density at radius 3 is 2.38 bits per heavy atom. The fraction of sp³-hybridized carbons (Fsp3) is 0.176. The predicted molar refractivity (Wildman–Crippen MR) is 81.7 cm³/mol. The minimum absolute atomic E-state index is 0.116. The molecule has 0 radical (unpaired) electrons. The molecule has 1 unspecified atom stereocenters. The molecule has 2 heterocycles. The average Bonchev–Trinajstić information content (AvgIpc) is 3.00. The van der Waals surface area contributed by atoms with Gasteiger partial charge >= 0.3 is 0 Å². The third-order valence-corrected chi connectivity index (χ3v) is 3.89. The first-order valence-electron chi connectivity index (χ1n) is 7.20. The van der Waals surface area contributed by atoms with Crippen LogP contribution in [0.4, 0.5) is 0 Å². The lowest BCUT2D eigenvalue weighted by atomic mass is 10.0. The van der Waals surface area contributed by atoms with Crippen LogP contribution in [0.2, 0.25) is 0 Å². The fourth-order valence-electron chi connectivity index (χ4n) is 2.87. The van der Waals surface area contributed by atoms with Crippen LogP contribution in [-0.4, -0.2) is 21.3 Å². The van der Waals surface area contributed by atoms with Crippen LogP contribution in [0.5, 0.6) is 0 Å². The molecule has 1 aromatic heterocycles. The van der Waals surface area contributed by atoms with E-state index in [1.807, 2.05) is 24.3 Å². The molecule has 4 rings (SSSR count). The van der Waals surface area contributed by atoms with E-state index < -0.39 is 0 Å². The van der Waals surface area contributed by atoms with Crippen LogP contribution >= 0.6 is 0 Å². The quantitative estimate of drug-likeness (QED) is 0.782. The van der Waals surface area contributed by atoms with E-state index in [2.05, 4.69) is 56.5 Å². The van der Waals surface area contributed by atoms with E-state index in [-0.39, 0.29) is 6.04 Å². The molecule has 0 saturated carbocycles. The number of nitrogens with zero attached hydrogens (tertiary/aromatic N) is 3. The van der Waals surface area contributed by atoms with Crippen molar-refractivity contribution in [2.45, 2.75) is 12.6 Å². The third kappa shape index (κ3) is 2.14. The van der Waals surface area contributed by atoms with Gasteiger partial charge in [0.15, 0.2) is 11.6 Å². The van der Waals surface area contributed by atoms with Gasteiger partial charge in [0.2, 0.25) is 0 Å². The van der Waals surface area contributed by atoms with Gasteiger partial charge in [0.25, 0.3) is 0 Å². The first-order chi connectivity index (χ1) is 10.4. The Kier molecular flexibility index (Phi) is 3.01. The Labute approximate surface area is 123 Å². The van der Waals surface area contributed by atoms with Gasteiger partial charge in [0.05, 0.1) is 6.04 Å². The number of fused-ring (bicyclic) bond motifs is 1. The van der Waals surface area contributed by atoms with Crippen LogP contribution in [0.1, 0.15) is 17.4 Å². The Morgan fingerprint density at radius 1 is 0.905 bits per heavy atom. The Morgan fingerprint density at radius 2 is 1.62 bits per heavy atom. The topological polar surface area (TPSA) is 42.7 Å². The summed E-state index contributed by atoms with van der Waals surface area (Å²) in [5.41, 5.74) is 2.34. The number of hydrogen-bond donors (Lipinski definition) is 1. The van der Waals surface area contributed by atoms with Gasteiger partial charge in [0, 0.05) is 18.7 Å². The molecule has 0 fully saturated rings. The smallest absolute Gasteiger partial charge is 0.164 e. The molecule has 0 aliphatic carbocycles. The summed E-state index contributed by atoms with van der Waals surface area (Å²) >= 11 is 0. The van der Waals surface area contributed by atoms with Crippen LogP contribution < -0.4 is 5.32 Å². The molecule has 21 heavy (non-hydrogen) atoms. The van der Waals surface area contributed by atoms with E-state index in [1.54, 1.807) is 0 Å². The van der Waals surface area contributed by atoms with E-state index in [0.29, 0.717) is 0 Å². The maximum atomic E-state index is 4.44. The number of nitrogens with one attached hydrogen (secondary N) is 1. The molecule has 1 aliphatic heterocycles. The second kappa shape index (κ2) is 5.14. The largest absolute Gasteiger partial charge is 0.308 e. The standard InChI is InChI=1S/C17H16N4/c1-3-7-13(8-4-1)15-17-20-19-16(21(17)12-11-18-15)14-9-5-2-6-10-14/h1-10,15,18H,11-12H2. The van der Waals surface area contributed by atoms with E-state index in [4.69, 9.17) is 0 Å². The van der Waals surface area contributed by atoms with Crippen molar-refractivity contribution in [3.63, 3.8) is 0 Å². The van der Waals surface area contributed by atoms with Crippen molar-refractivity contribution < 1.29 is 0 Å². The van der Waals surface area contributed by atoms with Gasteiger partial charge in [-0.15, -0.1) is 10.2 Å². The normalized spacial score (nSPS) is 17.4. The van der Waals surface area contributed by atoms with Gasteiger partial charge < -0.3 is 9.88 Å². The first kappa shape index (κ1) is 12.3. The van der Waals surface area contributed by atoms with E-state index in [1.165, 1.54) is 5.56 Å². The summed E-state index contributed by atoms with van der Waals surface area (Å²) < 4.78 is 2.23. The fourth-order valence-corrected chi connectivity index (χ4v) is 2.87. The second-order valence-electron chi connectivity index (χ2n) is 5.20. The van der Waals surface area contributed by atoms with Crippen molar-refractivity contribution in [2.75, 3.05) is 6.54 Å². The van der Waals surface area contributed by atoms with E-state index in [0.717, 1.165) is 30.3 Å².